The Labute approximate surface area is 193 Å². The predicted molar refractivity (Wildman–Crippen MR) is 132 cm³/mol. The molecule has 1 saturated heterocycles. The van der Waals surface area contributed by atoms with Crippen LogP contribution in [-0.2, 0) is 0 Å². The lowest BCUT2D eigenvalue weighted by Gasteiger charge is -2.24. The Hall–Kier alpha value is -1.42. The smallest absolute Gasteiger partial charge is 0.191 e. The summed E-state index contributed by atoms with van der Waals surface area (Å²) in [5, 5.41) is 6.99. The zero-order valence-electron chi connectivity index (χ0n) is 18.7. The van der Waals surface area contributed by atoms with Crippen molar-refractivity contribution in [2.75, 3.05) is 59.4 Å². The number of likely N-dealkylation sites (N-methyl/N-ethyl adjacent to an activating group) is 1. The highest BCUT2D eigenvalue weighted by Gasteiger charge is 2.24. The molecule has 0 bridgehead atoms. The van der Waals surface area contributed by atoms with Crippen LogP contribution in [-0.4, -0.2) is 77.4 Å². The Morgan fingerprint density at radius 3 is 2.48 bits per heavy atom. The van der Waals surface area contributed by atoms with Crippen molar-refractivity contribution in [3.05, 3.63) is 18.2 Å². The third-order valence-electron chi connectivity index (χ3n) is 5.55. The van der Waals surface area contributed by atoms with Gasteiger partial charge in [-0.2, -0.15) is 0 Å². The lowest BCUT2D eigenvalue weighted by atomic mass is 10.2. The van der Waals surface area contributed by atoms with Crippen molar-refractivity contribution in [2.45, 2.75) is 38.8 Å². The maximum Gasteiger partial charge on any atom is 0.191 e. The molecule has 0 radical (unpaired) electrons. The van der Waals surface area contributed by atoms with Crippen LogP contribution >= 0.6 is 24.0 Å². The number of methoxy groups -OCH3 is 2. The number of nitrogens with zero attached hydrogens (tertiary/aromatic N) is 3. The van der Waals surface area contributed by atoms with Crippen molar-refractivity contribution in [1.82, 2.24) is 15.5 Å². The van der Waals surface area contributed by atoms with Gasteiger partial charge in [-0.25, -0.2) is 0 Å². The van der Waals surface area contributed by atoms with Gasteiger partial charge in [0.2, 0.25) is 0 Å². The molecule has 8 heteroatoms. The summed E-state index contributed by atoms with van der Waals surface area (Å²) in [6.45, 7) is 8.26. The van der Waals surface area contributed by atoms with E-state index in [2.05, 4.69) is 58.5 Å². The summed E-state index contributed by atoms with van der Waals surface area (Å²) in [6, 6.07) is 6.97. The van der Waals surface area contributed by atoms with Crippen LogP contribution in [0.15, 0.2) is 23.2 Å². The largest absolute Gasteiger partial charge is 0.497 e. The number of anilines is 1. The van der Waals surface area contributed by atoms with E-state index in [1.165, 1.54) is 0 Å². The number of nitrogens with one attached hydrogen (secondary N) is 2. The molecule has 7 nitrogen and oxygen atoms in total. The maximum absolute atomic E-state index is 5.40. The summed E-state index contributed by atoms with van der Waals surface area (Å²) in [4.78, 5) is 9.11. The SMILES string of the molecule is CCC(C)N(C)CCNC(=NC)NC1CCN(c2cc(OC)cc(OC)c2)C1.I. The molecule has 0 aliphatic carbocycles. The molecular formula is C21H38IN5O2. The zero-order valence-corrected chi connectivity index (χ0v) is 21.0. The number of rotatable bonds is 9. The number of hydrogen-bond donors (Lipinski definition) is 2. The van der Waals surface area contributed by atoms with E-state index in [1.54, 1.807) is 14.2 Å². The highest BCUT2D eigenvalue weighted by molar-refractivity contribution is 14.0. The summed E-state index contributed by atoms with van der Waals surface area (Å²) in [6.07, 6.45) is 2.23. The molecule has 1 aliphatic heterocycles. The zero-order chi connectivity index (χ0) is 20.5. The quantitative estimate of drug-likeness (QED) is 0.297. The van der Waals surface area contributed by atoms with Gasteiger partial charge in [-0.1, -0.05) is 6.92 Å². The van der Waals surface area contributed by atoms with E-state index >= 15 is 0 Å². The molecule has 2 rings (SSSR count). The maximum atomic E-state index is 5.40. The van der Waals surface area contributed by atoms with Gasteiger partial charge in [-0.3, -0.25) is 4.99 Å². The average Bonchev–Trinajstić information content (AvgIpc) is 3.20. The van der Waals surface area contributed by atoms with Crippen molar-refractivity contribution < 1.29 is 9.47 Å². The second kappa shape index (κ2) is 13.0. The number of guanidine groups is 1. The van der Waals surface area contributed by atoms with Crippen molar-refractivity contribution in [1.29, 1.82) is 0 Å². The van der Waals surface area contributed by atoms with Gasteiger partial charge >= 0.3 is 0 Å². The van der Waals surface area contributed by atoms with Crippen LogP contribution in [0.1, 0.15) is 26.7 Å². The molecule has 29 heavy (non-hydrogen) atoms. The number of halogens is 1. The van der Waals surface area contributed by atoms with Gasteiger partial charge in [0.15, 0.2) is 5.96 Å². The fourth-order valence-electron chi connectivity index (χ4n) is 3.36. The fourth-order valence-corrected chi connectivity index (χ4v) is 3.36. The second-order valence-electron chi connectivity index (χ2n) is 7.38. The van der Waals surface area contributed by atoms with E-state index in [-0.39, 0.29) is 24.0 Å². The molecule has 1 aliphatic rings. The summed E-state index contributed by atoms with van der Waals surface area (Å²) in [7, 11) is 7.36. The molecule has 1 aromatic rings. The van der Waals surface area contributed by atoms with Crippen molar-refractivity contribution in [3.8, 4) is 11.5 Å². The number of ether oxygens (including phenoxy) is 2. The van der Waals surface area contributed by atoms with E-state index < -0.39 is 0 Å². The molecule has 1 heterocycles. The van der Waals surface area contributed by atoms with Crippen LogP contribution in [0.4, 0.5) is 5.69 Å². The van der Waals surface area contributed by atoms with Crippen molar-refractivity contribution in [2.24, 2.45) is 4.99 Å². The molecule has 2 atom stereocenters. The van der Waals surface area contributed by atoms with Crippen LogP contribution in [0.5, 0.6) is 11.5 Å². The minimum absolute atomic E-state index is 0. The molecule has 2 unspecified atom stereocenters. The minimum atomic E-state index is 0. The van der Waals surface area contributed by atoms with Gasteiger partial charge in [-0.15, -0.1) is 24.0 Å². The van der Waals surface area contributed by atoms with E-state index in [4.69, 9.17) is 9.47 Å². The Bertz CT molecular complexity index is 621. The second-order valence-corrected chi connectivity index (χ2v) is 7.38. The average molecular weight is 519 g/mol. The molecule has 1 aromatic carbocycles. The van der Waals surface area contributed by atoms with Gasteiger partial charge in [0.1, 0.15) is 11.5 Å². The molecule has 166 valence electrons. The summed E-state index contributed by atoms with van der Waals surface area (Å²) >= 11 is 0. The topological polar surface area (TPSA) is 61.4 Å². The first-order valence-corrected chi connectivity index (χ1v) is 10.2. The fraction of sp³-hybridized carbons (Fsp3) is 0.667. The van der Waals surface area contributed by atoms with Gasteiger partial charge in [0.25, 0.3) is 0 Å². The number of hydrogen-bond acceptors (Lipinski definition) is 5. The Kier molecular flexibility index (Phi) is 11.5. The lowest BCUT2D eigenvalue weighted by molar-refractivity contribution is 0.255. The van der Waals surface area contributed by atoms with Crippen LogP contribution in [0.3, 0.4) is 0 Å². The first-order chi connectivity index (χ1) is 13.5. The molecule has 0 saturated carbocycles. The van der Waals surface area contributed by atoms with E-state index in [9.17, 15) is 0 Å². The van der Waals surface area contributed by atoms with E-state index in [0.29, 0.717) is 12.1 Å². The van der Waals surface area contributed by atoms with Gasteiger partial charge < -0.3 is 29.9 Å². The molecule has 0 spiro atoms. The van der Waals surface area contributed by atoms with Crippen LogP contribution in [0.25, 0.3) is 0 Å². The number of aliphatic imine (C=N–C) groups is 1. The molecule has 0 aromatic heterocycles. The standard InChI is InChI=1S/C21H37N5O2.HI/c1-7-16(2)25(4)11-9-23-21(22-3)24-17-8-10-26(15-17)18-12-19(27-5)14-20(13-18)28-6;/h12-14,16-17H,7-11,15H2,1-6H3,(H2,22,23,24);1H. The Balaban J connectivity index is 0.00000420. The third-order valence-corrected chi connectivity index (χ3v) is 5.55. The van der Waals surface area contributed by atoms with Crippen LogP contribution in [0.2, 0.25) is 0 Å². The third kappa shape index (κ3) is 7.73. The van der Waals surface area contributed by atoms with Gasteiger partial charge in [0.05, 0.1) is 14.2 Å². The predicted octanol–water partition coefficient (Wildman–Crippen LogP) is 2.80. The van der Waals surface area contributed by atoms with Crippen LogP contribution in [0, 0.1) is 0 Å². The first kappa shape index (κ1) is 25.6. The van der Waals surface area contributed by atoms with Crippen molar-refractivity contribution in [3.63, 3.8) is 0 Å². The molecule has 2 N–H and O–H groups in total. The normalized spacial score (nSPS) is 17.7. The van der Waals surface area contributed by atoms with Gasteiger partial charge in [0, 0.05) is 69.2 Å². The van der Waals surface area contributed by atoms with Crippen LogP contribution < -0.4 is 25.0 Å². The van der Waals surface area contributed by atoms with Gasteiger partial charge in [-0.05, 0) is 26.8 Å². The lowest BCUT2D eigenvalue weighted by Crippen LogP contribution is -2.47. The minimum Gasteiger partial charge on any atom is -0.497 e. The summed E-state index contributed by atoms with van der Waals surface area (Å²) in [5.74, 6) is 2.50. The van der Waals surface area contributed by atoms with E-state index in [0.717, 1.165) is 62.2 Å². The van der Waals surface area contributed by atoms with Crippen molar-refractivity contribution >= 4 is 35.6 Å². The van der Waals surface area contributed by atoms with E-state index in [1.807, 2.05) is 13.1 Å². The molecular weight excluding hydrogens is 481 g/mol. The number of benzene rings is 1. The first-order valence-electron chi connectivity index (χ1n) is 10.2. The Morgan fingerprint density at radius 2 is 1.93 bits per heavy atom. The highest BCUT2D eigenvalue weighted by atomic mass is 127. The Morgan fingerprint density at radius 1 is 1.28 bits per heavy atom. The monoisotopic (exact) mass is 519 g/mol. The molecule has 1 fully saturated rings. The summed E-state index contributed by atoms with van der Waals surface area (Å²) in [5.41, 5.74) is 1.12. The summed E-state index contributed by atoms with van der Waals surface area (Å²) < 4.78 is 10.8. The highest BCUT2D eigenvalue weighted by Crippen LogP contribution is 2.30. The molecule has 0 amide bonds.